The Kier molecular flexibility index (Phi) is 15.7. The molecule has 150 heavy (non-hydrogen) atoms. The largest absolute Gasteiger partial charge is 0.329 e. The normalized spacial score (nSPS) is 16.7. The predicted molar refractivity (Wildman–Crippen MR) is 619 cm³/mol. The van der Waals surface area contributed by atoms with E-state index in [2.05, 4.69) is 514 Å². The van der Waals surface area contributed by atoms with Crippen LogP contribution in [0.2, 0.25) is 0 Å². The van der Waals surface area contributed by atoms with Gasteiger partial charge in [0, 0.05) is 122 Å². The van der Waals surface area contributed by atoms with Crippen LogP contribution in [0.3, 0.4) is 0 Å². The standard InChI is InChI=1S/C48H26N2.2C48H30N2/c1-5-15-29-25(11-1)31-19-9-21-35-39-23-37-38(41-27-13-3-7-17-33(27)43(29)49(45(31)35)47(39)41)24-40-36-22-10-20-32-26-12-2-6-16-30(26)44-34-18-8-4-14-28(34)42(37)48(40)50(44)46(32)36;1-5-19-37-29(13-1)31-15-9-11-23-41(31)49-43-27-25-36-35(45(43)33-17-3-7-21-39(33)47(37)49)26-28-44-46(36)34-18-4-8-22-40(34)48-38-20-6-2-14-30(38)32-16-10-12-24-42(32)50(44)48;1-3-17-35-29(13-1)31-15-5-9-21-41(31)49-43-23-11-7-19-37(43)45-33-26-28-40-46(34(33)25-27-39(45)47(35)49)38-20-8-12-24-44(38)50-42-22-10-6-16-32(42)30-14-2-4-18-36(30)48(40)50/h1-24,43-44H;2*1-28,47-48H. The van der Waals surface area contributed by atoms with E-state index in [4.69, 9.17) is 0 Å². The van der Waals surface area contributed by atoms with Gasteiger partial charge in [0.1, 0.15) is 0 Å². The van der Waals surface area contributed by atoms with E-state index in [9.17, 15) is 0 Å². The summed E-state index contributed by atoms with van der Waals surface area (Å²) in [5.74, 6) is 0. The van der Waals surface area contributed by atoms with Crippen molar-refractivity contribution in [1.82, 2.24) is 9.13 Å². The summed E-state index contributed by atoms with van der Waals surface area (Å²) in [6.45, 7) is 0. The Hall–Kier alpha value is -19.1. The molecule has 0 spiro atoms. The molecule has 6 unspecified atom stereocenters. The smallest absolute Gasteiger partial charge is 0.0857 e. The van der Waals surface area contributed by atoms with Crippen LogP contribution in [-0.4, -0.2) is 9.13 Å². The summed E-state index contributed by atoms with van der Waals surface area (Å²) in [7, 11) is 0. The Bertz CT molecular complexity index is 9710. The fourth-order valence-corrected chi connectivity index (χ4v) is 30.5. The first-order valence-corrected chi connectivity index (χ1v) is 53.0. The number of hydrogen-bond acceptors (Lipinski definition) is 4. The van der Waals surface area contributed by atoms with Gasteiger partial charge in [-0.15, -0.1) is 0 Å². The number of benzene rings is 24. The van der Waals surface area contributed by atoms with Crippen molar-refractivity contribution in [2.24, 2.45) is 0 Å². The van der Waals surface area contributed by atoms with Crippen LogP contribution < -0.4 is 19.6 Å². The highest BCUT2D eigenvalue weighted by Gasteiger charge is 2.49. The lowest BCUT2D eigenvalue weighted by atomic mass is 9.74. The second-order valence-corrected chi connectivity index (χ2v) is 42.6. The minimum Gasteiger partial charge on any atom is -0.329 e. The van der Waals surface area contributed by atoms with E-state index >= 15 is 0 Å². The van der Waals surface area contributed by atoms with Gasteiger partial charge >= 0.3 is 0 Å². The molecule has 6 heteroatoms. The van der Waals surface area contributed by atoms with Crippen LogP contribution in [0.25, 0.3) is 209 Å². The molecule has 0 saturated carbocycles. The van der Waals surface area contributed by atoms with Gasteiger partial charge in [-0.3, -0.25) is 0 Å². The van der Waals surface area contributed by atoms with Crippen molar-refractivity contribution in [3.05, 3.63) is 552 Å². The van der Waals surface area contributed by atoms with Crippen molar-refractivity contribution >= 4 is 121 Å². The molecule has 0 bridgehead atoms. The Labute approximate surface area is 865 Å². The summed E-state index contributed by atoms with van der Waals surface area (Å²) in [6, 6.07) is 184. The number of rotatable bonds is 0. The van der Waals surface area contributed by atoms with Gasteiger partial charge in [0.25, 0.3) is 0 Å². The van der Waals surface area contributed by atoms with Crippen LogP contribution in [0.15, 0.2) is 485 Å². The second-order valence-electron chi connectivity index (χ2n) is 42.6. The SMILES string of the molecule is c1ccc2c(c1)-c1cccc3c4cc5c6c7c(cc5c5c4n(c13)C2c1ccccc1-5)c1cccc2c1n7C(c1ccccc1-2)c1ccccc1-6.c1ccc2c(c1)-c1ccccc1N1c3ccc4c5c(ccc4c3-c3ccccc3C21)N1c2ccccc2-c2ccccc2C1c1ccccc1-5.c1ccc2c(c1)-c1ccccc1N1c3ccccc3-c3c(ccc4c5c(ccc34)C3c4ccccc4-c4ccccc4N3c3ccccc3-5)C21. The zero-order valence-corrected chi connectivity index (χ0v) is 81.3. The molecule has 692 valence electrons. The van der Waals surface area contributed by atoms with E-state index in [0.29, 0.717) is 0 Å². The van der Waals surface area contributed by atoms with Gasteiger partial charge < -0.3 is 28.7 Å². The average Bonchev–Trinajstić information content (AvgIpc) is 1.50. The van der Waals surface area contributed by atoms with E-state index in [0.717, 1.165) is 0 Å². The lowest BCUT2D eigenvalue weighted by Crippen LogP contribution is -2.33. The zero-order valence-electron chi connectivity index (χ0n) is 81.3. The Balaban J connectivity index is 0.0000000925. The molecule has 24 aromatic carbocycles. The molecular weight excluding hydrogens is 1810 g/mol. The quantitative estimate of drug-likeness (QED) is 0.151. The molecule has 0 amide bonds. The third kappa shape index (κ3) is 10.1. The molecule has 6 nitrogen and oxygen atoms in total. The topological polar surface area (TPSA) is 22.8 Å². The summed E-state index contributed by atoms with van der Waals surface area (Å²) >= 11 is 0. The van der Waals surface area contributed by atoms with E-state index in [1.807, 2.05) is 0 Å². The molecule has 26 aromatic rings. The first-order valence-electron chi connectivity index (χ1n) is 53.0. The molecule has 14 heterocycles. The molecule has 38 rings (SSSR count). The van der Waals surface area contributed by atoms with E-state index in [1.165, 1.54) is 322 Å². The molecule has 0 fully saturated rings. The average molecular weight is 1900 g/mol. The van der Waals surface area contributed by atoms with Gasteiger partial charge in [-0.25, -0.2) is 0 Å². The van der Waals surface area contributed by atoms with E-state index in [1.54, 1.807) is 0 Å². The number of para-hydroxylation sites is 8. The van der Waals surface area contributed by atoms with Crippen LogP contribution >= 0.6 is 0 Å². The summed E-state index contributed by atoms with van der Waals surface area (Å²) in [5, 5.41) is 13.3. The lowest BCUT2D eigenvalue weighted by Gasteiger charge is -2.46. The van der Waals surface area contributed by atoms with Crippen LogP contribution in [0.4, 0.5) is 45.5 Å². The molecule has 0 radical (unpaired) electrons. The van der Waals surface area contributed by atoms with Gasteiger partial charge in [0.15, 0.2) is 0 Å². The number of nitrogens with zero attached hydrogens (tertiary/aromatic N) is 6. The first kappa shape index (κ1) is 80.2. The van der Waals surface area contributed by atoms with Crippen LogP contribution in [0.1, 0.15) is 103 Å². The lowest BCUT2D eigenvalue weighted by molar-refractivity contribution is 0.717. The fraction of sp³-hybridized carbons (Fsp3) is 0.0417. The maximum Gasteiger partial charge on any atom is 0.0857 e. The molecular formula is C144H86N6. The van der Waals surface area contributed by atoms with Crippen molar-refractivity contribution in [2.75, 3.05) is 19.6 Å². The van der Waals surface area contributed by atoms with Crippen LogP contribution in [0, 0.1) is 0 Å². The van der Waals surface area contributed by atoms with Gasteiger partial charge in [0.2, 0.25) is 0 Å². The third-order valence-electron chi connectivity index (χ3n) is 36.0. The first-order chi connectivity index (χ1) is 74.6. The molecule has 0 N–H and O–H groups in total. The monoisotopic (exact) mass is 1900 g/mol. The summed E-state index contributed by atoms with van der Waals surface area (Å²) < 4.78 is 5.40. The van der Waals surface area contributed by atoms with Gasteiger partial charge in [0.05, 0.1) is 69.7 Å². The number of anilines is 8. The minimum absolute atomic E-state index is 0.0796. The van der Waals surface area contributed by atoms with E-state index in [-0.39, 0.29) is 36.3 Å². The molecule has 12 aliphatic heterocycles. The fourth-order valence-electron chi connectivity index (χ4n) is 30.5. The maximum atomic E-state index is 2.70. The third-order valence-corrected chi connectivity index (χ3v) is 36.0. The number of fused-ring (bicyclic) bond motifs is 67. The minimum atomic E-state index is 0.0796. The maximum absolute atomic E-state index is 2.70. The highest BCUT2D eigenvalue weighted by molar-refractivity contribution is 6.32. The molecule has 12 aliphatic rings. The van der Waals surface area contributed by atoms with Gasteiger partial charge in [-0.05, 0) is 227 Å². The van der Waals surface area contributed by atoms with E-state index < -0.39 is 0 Å². The predicted octanol–water partition coefficient (Wildman–Crippen LogP) is 37.5. The highest BCUT2D eigenvalue weighted by atomic mass is 15.2. The summed E-state index contributed by atoms with van der Waals surface area (Å²) in [6.07, 6.45) is 0. The summed E-state index contributed by atoms with van der Waals surface area (Å²) in [5.41, 5.74) is 63.9. The Morgan fingerprint density at radius 1 is 0.107 bits per heavy atom. The van der Waals surface area contributed by atoms with Crippen molar-refractivity contribution in [3.8, 4) is 134 Å². The van der Waals surface area contributed by atoms with Crippen molar-refractivity contribution in [1.29, 1.82) is 0 Å². The number of hydrogen-bond donors (Lipinski definition) is 0. The second kappa shape index (κ2) is 29.4. The zero-order chi connectivity index (χ0) is 97.0. The molecule has 6 atom stereocenters. The number of aromatic nitrogens is 2. The molecule has 0 aliphatic carbocycles. The Morgan fingerprint density at radius 3 is 0.640 bits per heavy atom. The van der Waals surface area contributed by atoms with Crippen molar-refractivity contribution < 1.29 is 0 Å². The van der Waals surface area contributed by atoms with Crippen molar-refractivity contribution in [3.63, 3.8) is 0 Å². The Morgan fingerprint density at radius 2 is 0.320 bits per heavy atom. The molecule has 0 saturated heterocycles. The summed E-state index contributed by atoms with van der Waals surface area (Å²) in [4.78, 5) is 10.4. The molecule has 2 aromatic heterocycles. The van der Waals surface area contributed by atoms with Gasteiger partial charge in [-0.1, -0.05) is 425 Å². The highest BCUT2D eigenvalue weighted by Crippen LogP contribution is 2.69. The van der Waals surface area contributed by atoms with Crippen LogP contribution in [0.5, 0.6) is 0 Å². The van der Waals surface area contributed by atoms with Crippen molar-refractivity contribution in [2.45, 2.75) is 36.3 Å². The van der Waals surface area contributed by atoms with Crippen LogP contribution in [-0.2, 0) is 0 Å². The van der Waals surface area contributed by atoms with Gasteiger partial charge in [-0.2, -0.15) is 0 Å².